The Morgan fingerprint density at radius 3 is 2.50 bits per heavy atom. The van der Waals surface area contributed by atoms with Crippen molar-refractivity contribution < 1.29 is 4.52 Å². The van der Waals surface area contributed by atoms with Crippen molar-refractivity contribution in [3.63, 3.8) is 0 Å². The molecule has 8 heteroatoms. The quantitative estimate of drug-likeness (QED) is 0.584. The monoisotopic (exact) mass is 398 g/mol. The number of aromatic nitrogens is 5. The minimum absolute atomic E-state index is 0.150. The van der Waals surface area contributed by atoms with Crippen LogP contribution in [0.3, 0.4) is 0 Å². The predicted octanol–water partition coefficient (Wildman–Crippen LogP) is 3.84. The summed E-state index contributed by atoms with van der Waals surface area (Å²) in [5.41, 5.74) is 0.927. The third kappa shape index (κ3) is 4.28. The zero-order valence-corrected chi connectivity index (χ0v) is 17.4. The van der Waals surface area contributed by atoms with Gasteiger partial charge in [0.2, 0.25) is 5.89 Å². The normalized spacial score (nSPS) is 15.4. The number of rotatable bonds is 6. The summed E-state index contributed by atoms with van der Waals surface area (Å²) in [4.78, 5) is 6.96. The van der Waals surface area contributed by atoms with Crippen LogP contribution in [0.15, 0.2) is 40.0 Å². The molecule has 0 atom stereocenters. The standard InChI is InChI=1S/C20H26N6OS/c1-20(2,3)18-21-16(24-27-18)14-28-19-23-22-17(13-25-11-7-8-12-25)26(19)15-9-5-4-6-10-15/h4-6,9-10H,7-8,11-14H2,1-3H3. The molecule has 1 aromatic carbocycles. The summed E-state index contributed by atoms with van der Waals surface area (Å²) < 4.78 is 7.55. The van der Waals surface area contributed by atoms with Crippen molar-refractivity contribution in [2.45, 2.75) is 56.5 Å². The molecule has 148 valence electrons. The van der Waals surface area contributed by atoms with E-state index < -0.39 is 0 Å². The van der Waals surface area contributed by atoms with Crippen LogP contribution in [0.1, 0.15) is 51.2 Å². The Hall–Kier alpha value is -2.19. The molecule has 1 aliphatic heterocycles. The van der Waals surface area contributed by atoms with E-state index in [0.717, 1.165) is 36.3 Å². The van der Waals surface area contributed by atoms with Crippen LogP contribution >= 0.6 is 11.8 Å². The van der Waals surface area contributed by atoms with Crippen LogP contribution < -0.4 is 0 Å². The van der Waals surface area contributed by atoms with Gasteiger partial charge in [-0.2, -0.15) is 4.98 Å². The zero-order chi connectivity index (χ0) is 19.6. The molecular weight excluding hydrogens is 372 g/mol. The van der Waals surface area contributed by atoms with E-state index in [9.17, 15) is 0 Å². The Kier molecular flexibility index (Phi) is 5.50. The van der Waals surface area contributed by atoms with Gasteiger partial charge in [-0.05, 0) is 38.1 Å². The summed E-state index contributed by atoms with van der Waals surface area (Å²) in [5, 5.41) is 13.9. The van der Waals surface area contributed by atoms with Crippen LogP contribution in [0.4, 0.5) is 0 Å². The first-order valence-corrected chi connectivity index (χ1v) is 10.7. The SMILES string of the molecule is CC(C)(C)c1nc(CSc2nnc(CN3CCCC3)n2-c2ccccc2)no1. The molecule has 0 unspecified atom stereocenters. The lowest BCUT2D eigenvalue weighted by Gasteiger charge is -2.15. The van der Waals surface area contributed by atoms with Gasteiger partial charge < -0.3 is 4.52 Å². The summed E-state index contributed by atoms with van der Waals surface area (Å²) in [7, 11) is 0. The third-order valence-corrected chi connectivity index (χ3v) is 5.64. The molecular formula is C20H26N6OS. The van der Waals surface area contributed by atoms with Crippen molar-refractivity contribution in [1.82, 2.24) is 29.8 Å². The van der Waals surface area contributed by atoms with Crippen molar-refractivity contribution in [3.05, 3.63) is 47.9 Å². The van der Waals surface area contributed by atoms with E-state index in [1.54, 1.807) is 11.8 Å². The second-order valence-electron chi connectivity index (χ2n) is 8.11. The molecule has 3 heterocycles. The Morgan fingerprint density at radius 1 is 1.07 bits per heavy atom. The molecule has 1 saturated heterocycles. The second kappa shape index (κ2) is 8.05. The maximum absolute atomic E-state index is 5.40. The van der Waals surface area contributed by atoms with Gasteiger partial charge in [-0.3, -0.25) is 9.47 Å². The maximum atomic E-state index is 5.40. The minimum Gasteiger partial charge on any atom is -0.339 e. The lowest BCUT2D eigenvalue weighted by molar-refractivity contribution is 0.319. The van der Waals surface area contributed by atoms with Gasteiger partial charge >= 0.3 is 0 Å². The summed E-state index contributed by atoms with van der Waals surface area (Å²) in [6.07, 6.45) is 2.52. The van der Waals surface area contributed by atoms with Gasteiger partial charge in [0.15, 0.2) is 16.8 Å². The fourth-order valence-corrected chi connectivity index (χ4v) is 4.03. The summed E-state index contributed by atoms with van der Waals surface area (Å²) >= 11 is 1.58. The van der Waals surface area contributed by atoms with Gasteiger partial charge in [0.25, 0.3) is 0 Å². The topological polar surface area (TPSA) is 72.9 Å². The summed E-state index contributed by atoms with van der Waals surface area (Å²) in [5.74, 6) is 2.90. The van der Waals surface area contributed by atoms with Gasteiger partial charge in [-0.25, -0.2) is 0 Å². The van der Waals surface area contributed by atoms with Crippen molar-refractivity contribution >= 4 is 11.8 Å². The fourth-order valence-electron chi connectivity index (χ4n) is 3.22. The lowest BCUT2D eigenvalue weighted by atomic mass is 9.97. The predicted molar refractivity (Wildman–Crippen MR) is 108 cm³/mol. The van der Waals surface area contributed by atoms with Crippen LogP contribution in [0, 0.1) is 0 Å². The molecule has 0 spiro atoms. The van der Waals surface area contributed by atoms with E-state index >= 15 is 0 Å². The first kappa shape index (κ1) is 19.1. The van der Waals surface area contributed by atoms with Gasteiger partial charge in [-0.15, -0.1) is 10.2 Å². The molecule has 3 aromatic rings. The van der Waals surface area contributed by atoms with E-state index in [4.69, 9.17) is 4.52 Å². The number of nitrogens with zero attached hydrogens (tertiary/aromatic N) is 6. The van der Waals surface area contributed by atoms with Crippen LogP contribution in [0.2, 0.25) is 0 Å². The largest absolute Gasteiger partial charge is 0.339 e. The van der Waals surface area contributed by atoms with E-state index in [1.807, 2.05) is 18.2 Å². The lowest BCUT2D eigenvalue weighted by Crippen LogP contribution is -2.21. The molecule has 1 aliphatic rings. The van der Waals surface area contributed by atoms with Crippen LogP contribution in [0.25, 0.3) is 5.69 Å². The van der Waals surface area contributed by atoms with E-state index in [2.05, 4.69) is 62.7 Å². The molecule has 1 fully saturated rings. The second-order valence-corrected chi connectivity index (χ2v) is 9.05. The van der Waals surface area contributed by atoms with E-state index in [0.29, 0.717) is 17.5 Å². The average Bonchev–Trinajstić information content (AvgIpc) is 3.42. The van der Waals surface area contributed by atoms with Gasteiger partial charge in [0, 0.05) is 11.1 Å². The highest BCUT2D eigenvalue weighted by Crippen LogP contribution is 2.27. The Labute approximate surface area is 169 Å². The molecule has 0 aliphatic carbocycles. The number of likely N-dealkylation sites (tertiary alicyclic amines) is 1. The van der Waals surface area contributed by atoms with Gasteiger partial charge in [0.05, 0.1) is 12.3 Å². The summed E-state index contributed by atoms with van der Waals surface area (Å²) in [6, 6.07) is 10.3. The number of hydrogen-bond acceptors (Lipinski definition) is 7. The minimum atomic E-state index is -0.150. The molecule has 0 saturated carbocycles. The first-order valence-electron chi connectivity index (χ1n) is 9.68. The molecule has 0 bridgehead atoms. The van der Waals surface area contributed by atoms with Crippen molar-refractivity contribution in [2.24, 2.45) is 0 Å². The molecule has 7 nitrogen and oxygen atoms in total. The van der Waals surface area contributed by atoms with Gasteiger partial charge in [-0.1, -0.05) is 55.9 Å². The Bertz CT molecular complexity index is 908. The van der Waals surface area contributed by atoms with Gasteiger partial charge in [0.1, 0.15) is 0 Å². The van der Waals surface area contributed by atoms with E-state index in [1.165, 1.54) is 12.8 Å². The number of para-hydroxylation sites is 1. The van der Waals surface area contributed by atoms with Crippen molar-refractivity contribution in [1.29, 1.82) is 0 Å². The molecule has 0 amide bonds. The molecule has 4 rings (SSSR count). The molecule has 2 aromatic heterocycles. The maximum Gasteiger partial charge on any atom is 0.232 e. The molecule has 0 radical (unpaired) electrons. The number of thioether (sulfide) groups is 1. The first-order chi connectivity index (χ1) is 13.5. The number of benzene rings is 1. The molecule has 0 N–H and O–H groups in total. The van der Waals surface area contributed by atoms with Crippen LogP contribution in [-0.4, -0.2) is 42.9 Å². The van der Waals surface area contributed by atoms with Crippen LogP contribution in [-0.2, 0) is 17.7 Å². The highest BCUT2D eigenvalue weighted by Gasteiger charge is 2.23. The third-order valence-electron chi connectivity index (χ3n) is 4.72. The van der Waals surface area contributed by atoms with E-state index in [-0.39, 0.29) is 5.41 Å². The Balaban J connectivity index is 1.56. The zero-order valence-electron chi connectivity index (χ0n) is 16.6. The van der Waals surface area contributed by atoms with Crippen LogP contribution in [0.5, 0.6) is 0 Å². The summed E-state index contributed by atoms with van der Waals surface area (Å²) in [6.45, 7) is 9.26. The van der Waals surface area contributed by atoms with Crippen molar-refractivity contribution in [2.75, 3.05) is 13.1 Å². The highest BCUT2D eigenvalue weighted by atomic mass is 32.2. The Morgan fingerprint density at radius 2 is 1.82 bits per heavy atom. The highest BCUT2D eigenvalue weighted by molar-refractivity contribution is 7.98. The molecule has 28 heavy (non-hydrogen) atoms. The van der Waals surface area contributed by atoms with Crippen molar-refractivity contribution in [3.8, 4) is 5.69 Å². The average molecular weight is 399 g/mol. The number of hydrogen-bond donors (Lipinski definition) is 0. The smallest absolute Gasteiger partial charge is 0.232 e. The fraction of sp³-hybridized carbons (Fsp3) is 0.500.